The molecule has 0 unspecified atom stereocenters. The number of esters is 1. The zero-order valence-electron chi connectivity index (χ0n) is 16.1. The largest absolute Gasteiger partial charge is 0.466 e. The second-order valence-electron chi connectivity index (χ2n) is 7.11. The molecule has 0 radical (unpaired) electrons. The Hall–Kier alpha value is -2.56. The second-order valence-corrected chi connectivity index (χ2v) is 7.11. The van der Waals surface area contributed by atoms with E-state index in [1.165, 1.54) is 11.1 Å². The summed E-state index contributed by atoms with van der Waals surface area (Å²) in [5, 5.41) is 0. The summed E-state index contributed by atoms with van der Waals surface area (Å²) in [6.07, 6.45) is 5.81. The number of hydrogen-bond donors (Lipinski definition) is 0. The molecule has 1 fully saturated rings. The van der Waals surface area contributed by atoms with Crippen LogP contribution in [-0.4, -0.2) is 41.0 Å². The van der Waals surface area contributed by atoms with Gasteiger partial charge in [-0.05, 0) is 49.9 Å². The Kier molecular flexibility index (Phi) is 6.32. The molecular formula is C22H28N2O3. The Morgan fingerprint density at radius 3 is 2.41 bits per heavy atom. The van der Waals surface area contributed by atoms with Gasteiger partial charge in [-0.25, -0.2) is 0 Å². The second kappa shape index (κ2) is 8.89. The van der Waals surface area contributed by atoms with E-state index >= 15 is 0 Å². The van der Waals surface area contributed by atoms with Gasteiger partial charge in [0.15, 0.2) is 0 Å². The van der Waals surface area contributed by atoms with Crippen LogP contribution in [0.25, 0.3) is 0 Å². The third kappa shape index (κ3) is 4.59. The van der Waals surface area contributed by atoms with Crippen LogP contribution in [0.2, 0.25) is 0 Å². The molecule has 1 aliphatic rings. The highest BCUT2D eigenvalue weighted by atomic mass is 16.5. The van der Waals surface area contributed by atoms with Crippen LogP contribution in [0.1, 0.15) is 43.4 Å². The number of nitrogens with zero attached hydrogens (tertiary/aromatic N) is 2. The number of aryl methyl sites for hydroxylation is 1. The maximum absolute atomic E-state index is 13.0. The standard InChI is InChI=1S/C22H28N2O3/c1-3-27-22(26)18-10-14-24(15-11-18)21(25)16-20(23-12-6-7-13-23)19-9-5-4-8-17(19)2/h4-9,12-13,18,20H,3,10-11,14-16H2,1-2H3/t20-/m1/s1. The van der Waals surface area contributed by atoms with Crippen molar-refractivity contribution < 1.29 is 14.3 Å². The predicted octanol–water partition coefficient (Wildman–Crippen LogP) is 3.58. The first-order chi connectivity index (χ1) is 13.1. The zero-order valence-corrected chi connectivity index (χ0v) is 16.1. The number of carbonyl (C=O) groups is 2. The molecule has 144 valence electrons. The van der Waals surface area contributed by atoms with Gasteiger partial charge in [-0.1, -0.05) is 24.3 Å². The summed E-state index contributed by atoms with van der Waals surface area (Å²) in [6, 6.07) is 12.2. The molecule has 1 aromatic heterocycles. The van der Waals surface area contributed by atoms with Crippen LogP contribution in [0, 0.1) is 12.8 Å². The molecule has 1 saturated heterocycles. The molecule has 1 aromatic carbocycles. The van der Waals surface area contributed by atoms with Crippen molar-refractivity contribution in [3.8, 4) is 0 Å². The fraction of sp³-hybridized carbons (Fsp3) is 0.455. The molecule has 27 heavy (non-hydrogen) atoms. The first-order valence-corrected chi connectivity index (χ1v) is 9.72. The van der Waals surface area contributed by atoms with Crippen LogP contribution < -0.4 is 0 Å². The molecule has 2 heterocycles. The summed E-state index contributed by atoms with van der Waals surface area (Å²) >= 11 is 0. The van der Waals surface area contributed by atoms with Crippen molar-refractivity contribution in [3.63, 3.8) is 0 Å². The van der Waals surface area contributed by atoms with Gasteiger partial charge in [0.25, 0.3) is 0 Å². The first kappa shape index (κ1) is 19.2. The number of piperidine rings is 1. The van der Waals surface area contributed by atoms with Crippen LogP contribution in [0.5, 0.6) is 0 Å². The Balaban J connectivity index is 1.68. The number of carbonyl (C=O) groups excluding carboxylic acids is 2. The van der Waals surface area contributed by atoms with Gasteiger partial charge < -0.3 is 14.2 Å². The molecule has 1 amide bonds. The Morgan fingerprint density at radius 2 is 1.78 bits per heavy atom. The monoisotopic (exact) mass is 368 g/mol. The fourth-order valence-electron chi connectivity index (χ4n) is 3.81. The van der Waals surface area contributed by atoms with Crippen molar-refractivity contribution >= 4 is 11.9 Å². The quantitative estimate of drug-likeness (QED) is 0.733. The number of aromatic nitrogens is 1. The van der Waals surface area contributed by atoms with E-state index in [4.69, 9.17) is 4.74 Å². The lowest BCUT2D eigenvalue weighted by molar-refractivity contribution is -0.151. The third-order valence-corrected chi connectivity index (χ3v) is 5.37. The molecular weight excluding hydrogens is 340 g/mol. The minimum Gasteiger partial charge on any atom is -0.466 e. The van der Waals surface area contributed by atoms with Crippen LogP contribution in [0.4, 0.5) is 0 Å². The molecule has 0 N–H and O–H groups in total. The van der Waals surface area contributed by atoms with Crippen LogP contribution in [0.3, 0.4) is 0 Å². The van der Waals surface area contributed by atoms with Gasteiger partial charge in [0, 0.05) is 25.5 Å². The minimum atomic E-state index is -0.130. The van der Waals surface area contributed by atoms with Gasteiger partial charge in [0.2, 0.25) is 5.91 Å². The predicted molar refractivity (Wildman–Crippen MR) is 104 cm³/mol. The van der Waals surface area contributed by atoms with E-state index in [0.29, 0.717) is 39.0 Å². The SMILES string of the molecule is CCOC(=O)C1CCN(C(=O)C[C@H](c2ccccc2C)n2cccc2)CC1. The van der Waals surface area contributed by atoms with Crippen molar-refractivity contribution in [3.05, 3.63) is 59.9 Å². The van der Waals surface area contributed by atoms with Crippen LogP contribution in [0.15, 0.2) is 48.8 Å². The van der Waals surface area contributed by atoms with E-state index < -0.39 is 0 Å². The highest BCUT2D eigenvalue weighted by molar-refractivity contribution is 5.78. The molecule has 3 rings (SSSR count). The van der Waals surface area contributed by atoms with Gasteiger partial charge >= 0.3 is 5.97 Å². The Labute approximate surface area is 160 Å². The van der Waals surface area contributed by atoms with Crippen molar-refractivity contribution in [1.29, 1.82) is 0 Å². The van der Waals surface area contributed by atoms with Gasteiger partial charge in [-0.2, -0.15) is 0 Å². The summed E-state index contributed by atoms with van der Waals surface area (Å²) in [5.74, 6) is -0.0698. The molecule has 0 saturated carbocycles. The smallest absolute Gasteiger partial charge is 0.309 e. The summed E-state index contributed by atoms with van der Waals surface area (Å²) in [7, 11) is 0. The summed E-state index contributed by atoms with van der Waals surface area (Å²) in [4.78, 5) is 26.8. The molecule has 1 aliphatic heterocycles. The Morgan fingerprint density at radius 1 is 1.11 bits per heavy atom. The molecule has 2 aromatic rings. The lowest BCUT2D eigenvalue weighted by Gasteiger charge is -2.32. The van der Waals surface area contributed by atoms with E-state index in [1.54, 1.807) is 0 Å². The zero-order chi connectivity index (χ0) is 19.2. The number of ether oxygens (including phenoxy) is 1. The van der Waals surface area contributed by atoms with Crippen molar-refractivity contribution in [2.24, 2.45) is 5.92 Å². The topological polar surface area (TPSA) is 51.5 Å². The number of amides is 1. The van der Waals surface area contributed by atoms with E-state index in [9.17, 15) is 9.59 Å². The first-order valence-electron chi connectivity index (χ1n) is 9.72. The van der Waals surface area contributed by atoms with Crippen LogP contribution >= 0.6 is 0 Å². The Bertz CT molecular complexity index is 762. The van der Waals surface area contributed by atoms with Gasteiger partial charge in [-0.3, -0.25) is 9.59 Å². The summed E-state index contributed by atoms with van der Waals surface area (Å²) in [6.45, 7) is 5.56. The molecule has 0 bridgehead atoms. The summed E-state index contributed by atoms with van der Waals surface area (Å²) in [5.41, 5.74) is 2.36. The van der Waals surface area contributed by atoms with Crippen molar-refractivity contribution in [1.82, 2.24) is 9.47 Å². The van der Waals surface area contributed by atoms with E-state index in [0.717, 1.165) is 0 Å². The molecule has 5 nitrogen and oxygen atoms in total. The normalized spacial score (nSPS) is 16.1. The van der Waals surface area contributed by atoms with Gasteiger partial charge in [-0.15, -0.1) is 0 Å². The van der Waals surface area contributed by atoms with Gasteiger partial charge in [0.1, 0.15) is 0 Å². The average molecular weight is 368 g/mol. The number of hydrogen-bond acceptors (Lipinski definition) is 3. The number of benzene rings is 1. The summed E-state index contributed by atoms with van der Waals surface area (Å²) < 4.78 is 7.22. The fourth-order valence-corrected chi connectivity index (χ4v) is 3.81. The van der Waals surface area contributed by atoms with Crippen molar-refractivity contribution in [2.45, 2.75) is 39.2 Å². The lowest BCUT2D eigenvalue weighted by atomic mass is 9.95. The van der Waals surface area contributed by atoms with E-state index in [2.05, 4.69) is 23.6 Å². The minimum absolute atomic E-state index is 0.0171. The molecule has 5 heteroatoms. The van der Waals surface area contributed by atoms with Gasteiger partial charge in [0.05, 0.1) is 25.0 Å². The maximum Gasteiger partial charge on any atom is 0.309 e. The molecule has 1 atom stereocenters. The molecule has 0 spiro atoms. The molecule has 0 aliphatic carbocycles. The average Bonchev–Trinajstić information content (AvgIpc) is 3.21. The van der Waals surface area contributed by atoms with Crippen LogP contribution in [-0.2, 0) is 14.3 Å². The van der Waals surface area contributed by atoms with Crippen molar-refractivity contribution in [2.75, 3.05) is 19.7 Å². The lowest BCUT2D eigenvalue weighted by Crippen LogP contribution is -2.41. The van der Waals surface area contributed by atoms with E-state index in [-0.39, 0.29) is 23.8 Å². The highest BCUT2D eigenvalue weighted by Gasteiger charge is 2.29. The number of rotatable bonds is 6. The number of likely N-dealkylation sites (tertiary alicyclic amines) is 1. The van der Waals surface area contributed by atoms with E-state index in [1.807, 2.05) is 48.5 Å². The maximum atomic E-state index is 13.0. The third-order valence-electron chi connectivity index (χ3n) is 5.37. The highest BCUT2D eigenvalue weighted by Crippen LogP contribution is 2.27.